The zero-order chi connectivity index (χ0) is 17.9. The molecule has 26 heavy (non-hydrogen) atoms. The van der Waals surface area contributed by atoms with Crippen molar-refractivity contribution < 1.29 is 0 Å². The van der Waals surface area contributed by atoms with Crippen LogP contribution in [0.4, 0.5) is 0 Å². The lowest BCUT2D eigenvalue weighted by atomic mass is 10.0. The quantitative estimate of drug-likeness (QED) is 0.713. The standard InChI is InChI=1S/C21H25N5/c1-16(26-13-4-3-5-14-26)17-6-8-18(9-7-17)19-10-11-20(24-23-19)21-22-12-15-25(21)2/h6-12,15-16H,3-5,13-14H2,1-2H3. The van der Waals surface area contributed by atoms with Gasteiger partial charge in [0.15, 0.2) is 5.82 Å². The van der Waals surface area contributed by atoms with Crippen molar-refractivity contribution in [2.24, 2.45) is 7.05 Å². The topological polar surface area (TPSA) is 46.8 Å². The molecule has 3 aromatic rings. The molecule has 1 atom stereocenters. The molecule has 0 radical (unpaired) electrons. The molecule has 1 aliphatic rings. The van der Waals surface area contributed by atoms with Gasteiger partial charge in [-0.2, -0.15) is 0 Å². The maximum atomic E-state index is 4.40. The third-order valence-electron chi connectivity index (χ3n) is 5.34. The molecule has 134 valence electrons. The molecule has 2 aromatic heterocycles. The van der Waals surface area contributed by atoms with Crippen LogP contribution >= 0.6 is 0 Å². The highest BCUT2D eigenvalue weighted by Gasteiger charge is 2.18. The highest BCUT2D eigenvalue weighted by Crippen LogP contribution is 2.26. The Balaban J connectivity index is 1.50. The highest BCUT2D eigenvalue weighted by molar-refractivity contribution is 5.61. The molecular weight excluding hydrogens is 322 g/mol. The number of likely N-dealkylation sites (tertiary alicyclic amines) is 1. The number of imidazole rings is 1. The van der Waals surface area contributed by atoms with Crippen LogP contribution in [0.1, 0.15) is 37.8 Å². The maximum absolute atomic E-state index is 4.40. The zero-order valence-electron chi connectivity index (χ0n) is 15.5. The molecule has 1 saturated heterocycles. The van der Waals surface area contributed by atoms with Crippen molar-refractivity contribution in [1.82, 2.24) is 24.6 Å². The van der Waals surface area contributed by atoms with Crippen LogP contribution in [0.3, 0.4) is 0 Å². The highest BCUT2D eigenvalue weighted by atomic mass is 15.2. The molecule has 4 rings (SSSR count). The molecule has 0 aliphatic carbocycles. The third-order valence-corrected chi connectivity index (χ3v) is 5.34. The first kappa shape index (κ1) is 16.9. The van der Waals surface area contributed by atoms with Gasteiger partial charge in [-0.1, -0.05) is 30.7 Å². The van der Waals surface area contributed by atoms with Gasteiger partial charge in [0.25, 0.3) is 0 Å². The summed E-state index contributed by atoms with van der Waals surface area (Å²) in [7, 11) is 1.96. The van der Waals surface area contributed by atoms with Crippen LogP contribution in [0.2, 0.25) is 0 Å². The average molecular weight is 347 g/mol. The van der Waals surface area contributed by atoms with Crippen molar-refractivity contribution in [1.29, 1.82) is 0 Å². The van der Waals surface area contributed by atoms with Crippen molar-refractivity contribution >= 4 is 0 Å². The van der Waals surface area contributed by atoms with E-state index in [2.05, 4.69) is 51.3 Å². The van der Waals surface area contributed by atoms with Gasteiger partial charge in [0.1, 0.15) is 5.69 Å². The summed E-state index contributed by atoms with van der Waals surface area (Å²) >= 11 is 0. The van der Waals surface area contributed by atoms with Crippen LogP contribution < -0.4 is 0 Å². The Hall–Kier alpha value is -2.53. The van der Waals surface area contributed by atoms with Crippen LogP contribution in [-0.4, -0.2) is 37.7 Å². The molecule has 1 unspecified atom stereocenters. The Morgan fingerprint density at radius 2 is 1.58 bits per heavy atom. The summed E-state index contributed by atoms with van der Waals surface area (Å²) in [6, 6.07) is 13.2. The molecule has 1 aromatic carbocycles. The minimum Gasteiger partial charge on any atom is -0.333 e. The van der Waals surface area contributed by atoms with Crippen LogP contribution in [-0.2, 0) is 7.05 Å². The first-order valence-electron chi connectivity index (χ1n) is 9.38. The van der Waals surface area contributed by atoms with Gasteiger partial charge in [0.2, 0.25) is 0 Å². The van der Waals surface area contributed by atoms with Gasteiger partial charge in [-0.25, -0.2) is 4.98 Å². The van der Waals surface area contributed by atoms with E-state index < -0.39 is 0 Å². The number of hydrogen-bond donors (Lipinski definition) is 0. The monoisotopic (exact) mass is 347 g/mol. The van der Waals surface area contributed by atoms with Gasteiger partial charge in [0, 0.05) is 31.0 Å². The predicted molar refractivity (Wildman–Crippen MR) is 104 cm³/mol. The van der Waals surface area contributed by atoms with Crippen molar-refractivity contribution in [3.63, 3.8) is 0 Å². The van der Waals surface area contributed by atoms with Crippen LogP contribution in [0.5, 0.6) is 0 Å². The Kier molecular flexibility index (Phi) is 4.80. The molecule has 0 saturated carbocycles. The fourth-order valence-corrected chi connectivity index (χ4v) is 3.67. The summed E-state index contributed by atoms with van der Waals surface area (Å²) < 4.78 is 1.94. The smallest absolute Gasteiger partial charge is 0.160 e. The Morgan fingerprint density at radius 1 is 0.885 bits per heavy atom. The second-order valence-electron chi connectivity index (χ2n) is 7.06. The second-order valence-corrected chi connectivity index (χ2v) is 7.06. The molecule has 5 heteroatoms. The number of piperidine rings is 1. The fraction of sp³-hybridized carbons (Fsp3) is 0.381. The van der Waals surface area contributed by atoms with E-state index in [9.17, 15) is 0 Å². The summed E-state index contributed by atoms with van der Waals surface area (Å²) in [5.74, 6) is 0.828. The summed E-state index contributed by atoms with van der Waals surface area (Å²) in [6.07, 6.45) is 7.69. The van der Waals surface area contributed by atoms with E-state index in [-0.39, 0.29) is 0 Å². The molecule has 1 fully saturated rings. The van der Waals surface area contributed by atoms with Crippen LogP contribution in [0.15, 0.2) is 48.8 Å². The fourth-order valence-electron chi connectivity index (χ4n) is 3.67. The molecule has 5 nitrogen and oxygen atoms in total. The third kappa shape index (κ3) is 3.40. The molecule has 0 spiro atoms. The number of benzene rings is 1. The normalized spacial score (nSPS) is 16.5. The average Bonchev–Trinajstić information content (AvgIpc) is 3.14. The number of rotatable bonds is 4. The Morgan fingerprint density at radius 3 is 2.19 bits per heavy atom. The SMILES string of the molecule is CC(c1ccc(-c2ccc(-c3nccn3C)nn2)cc1)N1CCCCC1. The van der Waals surface area contributed by atoms with Crippen LogP contribution in [0, 0.1) is 0 Å². The van der Waals surface area contributed by atoms with Crippen molar-refractivity contribution in [2.75, 3.05) is 13.1 Å². The number of aromatic nitrogens is 4. The van der Waals surface area contributed by atoms with Gasteiger partial charge in [-0.3, -0.25) is 4.90 Å². The predicted octanol–water partition coefficient (Wildman–Crippen LogP) is 4.09. The van der Waals surface area contributed by atoms with Gasteiger partial charge < -0.3 is 4.57 Å². The Bertz CT molecular complexity index is 845. The van der Waals surface area contributed by atoms with E-state index in [1.165, 1.54) is 37.9 Å². The summed E-state index contributed by atoms with van der Waals surface area (Å²) in [6.45, 7) is 4.73. The molecule has 3 heterocycles. The van der Waals surface area contributed by atoms with Crippen molar-refractivity contribution in [3.8, 4) is 22.8 Å². The van der Waals surface area contributed by atoms with Crippen molar-refractivity contribution in [2.45, 2.75) is 32.2 Å². The Labute approximate surface area is 154 Å². The second kappa shape index (κ2) is 7.38. The van der Waals surface area contributed by atoms with Gasteiger partial charge in [-0.15, -0.1) is 10.2 Å². The lowest BCUT2D eigenvalue weighted by Crippen LogP contribution is -2.32. The molecule has 1 aliphatic heterocycles. The minimum atomic E-state index is 0.473. The summed E-state index contributed by atoms with van der Waals surface area (Å²) in [5, 5.41) is 8.74. The van der Waals surface area contributed by atoms with Gasteiger partial charge in [0.05, 0.1) is 5.69 Å². The lowest BCUT2D eigenvalue weighted by molar-refractivity contribution is 0.175. The van der Waals surface area contributed by atoms with E-state index in [1.807, 2.05) is 29.9 Å². The van der Waals surface area contributed by atoms with E-state index in [0.717, 1.165) is 22.8 Å². The largest absolute Gasteiger partial charge is 0.333 e. The first-order chi connectivity index (χ1) is 12.7. The first-order valence-corrected chi connectivity index (χ1v) is 9.38. The van der Waals surface area contributed by atoms with Gasteiger partial charge >= 0.3 is 0 Å². The zero-order valence-corrected chi connectivity index (χ0v) is 15.5. The molecular formula is C21H25N5. The number of hydrogen-bond acceptors (Lipinski definition) is 4. The van der Waals surface area contributed by atoms with E-state index in [0.29, 0.717) is 6.04 Å². The van der Waals surface area contributed by atoms with Crippen molar-refractivity contribution in [3.05, 3.63) is 54.4 Å². The van der Waals surface area contributed by atoms with E-state index >= 15 is 0 Å². The lowest BCUT2D eigenvalue weighted by Gasteiger charge is -2.32. The maximum Gasteiger partial charge on any atom is 0.160 e. The molecule has 0 amide bonds. The number of nitrogens with zero attached hydrogens (tertiary/aromatic N) is 5. The van der Waals surface area contributed by atoms with Crippen LogP contribution in [0.25, 0.3) is 22.8 Å². The summed E-state index contributed by atoms with van der Waals surface area (Å²) in [4.78, 5) is 6.90. The van der Waals surface area contributed by atoms with E-state index in [4.69, 9.17) is 0 Å². The summed E-state index contributed by atoms with van der Waals surface area (Å²) in [5.41, 5.74) is 4.14. The van der Waals surface area contributed by atoms with E-state index in [1.54, 1.807) is 6.20 Å². The minimum absolute atomic E-state index is 0.473. The molecule has 0 bridgehead atoms. The van der Waals surface area contributed by atoms with Gasteiger partial charge in [-0.05, 0) is 50.6 Å². The number of aryl methyl sites for hydroxylation is 1. The molecule has 0 N–H and O–H groups in total.